The molecular weight excluding hydrogens is 304 g/mol. The van der Waals surface area contributed by atoms with Crippen LogP contribution in [0.1, 0.15) is 47.3 Å². The molecule has 0 radical (unpaired) electrons. The van der Waals surface area contributed by atoms with Gasteiger partial charge in [-0.1, -0.05) is 44.2 Å². The fraction of sp³-hybridized carbons (Fsp3) is 0.300. The smallest absolute Gasteiger partial charge is 0.312 e. The number of ether oxygens (including phenoxy) is 2. The Bertz CT molecular complexity index is 791. The number of aldehydes is 1. The molecule has 4 nitrogen and oxygen atoms in total. The van der Waals surface area contributed by atoms with Crippen LogP contribution in [0.3, 0.4) is 0 Å². The van der Waals surface area contributed by atoms with Crippen LogP contribution in [0.15, 0.2) is 36.4 Å². The van der Waals surface area contributed by atoms with Gasteiger partial charge in [-0.25, -0.2) is 0 Å². The predicted molar refractivity (Wildman–Crippen MR) is 90.6 cm³/mol. The van der Waals surface area contributed by atoms with Gasteiger partial charge in [-0.15, -0.1) is 0 Å². The Morgan fingerprint density at radius 3 is 2.62 bits per heavy atom. The van der Waals surface area contributed by atoms with Crippen molar-refractivity contribution in [2.75, 3.05) is 0 Å². The van der Waals surface area contributed by atoms with Crippen molar-refractivity contribution in [3.63, 3.8) is 0 Å². The summed E-state index contributed by atoms with van der Waals surface area (Å²) in [7, 11) is 0. The van der Waals surface area contributed by atoms with E-state index in [0.29, 0.717) is 23.7 Å². The number of rotatable bonds is 4. The lowest BCUT2D eigenvalue weighted by atomic mass is 9.76. The second kappa shape index (κ2) is 6.11. The molecule has 0 aliphatic carbocycles. The molecule has 2 aromatic carbocycles. The molecule has 1 heterocycles. The van der Waals surface area contributed by atoms with Crippen LogP contribution >= 0.6 is 0 Å². The van der Waals surface area contributed by atoms with E-state index in [-0.39, 0.29) is 12.4 Å². The summed E-state index contributed by atoms with van der Waals surface area (Å²) in [6, 6.07) is 11.6. The minimum Gasteiger partial charge on any atom is -0.488 e. The Balaban J connectivity index is 2.04. The number of carbonyl (C=O) groups is 2. The molecule has 0 amide bonds. The third kappa shape index (κ3) is 2.92. The second-order valence-corrected chi connectivity index (χ2v) is 6.74. The van der Waals surface area contributed by atoms with E-state index in [2.05, 4.69) is 0 Å². The monoisotopic (exact) mass is 324 g/mol. The van der Waals surface area contributed by atoms with Gasteiger partial charge in [0.1, 0.15) is 18.1 Å². The number of aryl methyl sites for hydroxylation is 1. The van der Waals surface area contributed by atoms with Gasteiger partial charge in [0.05, 0.1) is 12.0 Å². The molecule has 0 bridgehead atoms. The minimum absolute atomic E-state index is 0.238. The maximum Gasteiger partial charge on any atom is 0.312 e. The van der Waals surface area contributed by atoms with Gasteiger partial charge in [-0.3, -0.25) is 9.59 Å². The van der Waals surface area contributed by atoms with Crippen LogP contribution < -0.4 is 9.47 Å². The summed E-state index contributed by atoms with van der Waals surface area (Å²) >= 11 is 0. The number of fused-ring (bicyclic) bond motifs is 1. The molecule has 4 heteroatoms. The zero-order chi connectivity index (χ0) is 17.3. The highest BCUT2D eigenvalue weighted by atomic mass is 16.5. The lowest BCUT2D eigenvalue weighted by Crippen LogP contribution is -2.32. The molecule has 1 aliphatic heterocycles. The van der Waals surface area contributed by atoms with Crippen molar-refractivity contribution in [2.24, 2.45) is 0 Å². The first kappa shape index (κ1) is 16.2. The van der Waals surface area contributed by atoms with Crippen molar-refractivity contribution in [2.45, 2.75) is 39.2 Å². The van der Waals surface area contributed by atoms with E-state index in [9.17, 15) is 9.59 Å². The van der Waals surface area contributed by atoms with Crippen LogP contribution in [0, 0.1) is 6.92 Å². The summed E-state index contributed by atoms with van der Waals surface area (Å²) in [6.45, 7) is 6.11. The number of hydrogen-bond acceptors (Lipinski definition) is 4. The molecule has 0 atom stereocenters. The first-order valence-electron chi connectivity index (χ1n) is 7.93. The Kier molecular flexibility index (Phi) is 4.14. The normalized spacial score (nSPS) is 15.4. The minimum atomic E-state index is -0.473. The highest BCUT2D eigenvalue weighted by molar-refractivity contribution is 5.88. The molecule has 24 heavy (non-hydrogen) atoms. The average Bonchev–Trinajstić information content (AvgIpc) is 2.52. The maximum atomic E-state index is 11.8. The van der Waals surface area contributed by atoms with Crippen LogP contribution in [0.25, 0.3) is 0 Å². The second-order valence-electron chi connectivity index (χ2n) is 6.74. The van der Waals surface area contributed by atoms with Crippen LogP contribution in [-0.2, 0) is 16.8 Å². The van der Waals surface area contributed by atoms with E-state index >= 15 is 0 Å². The third-order valence-corrected chi connectivity index (χ3v) is 4.30. The van der Waals surface area contributed by atoms with Crippen LogP contribution in [-0.4, -0.2) is 12.3 Å². The van der Waals surface area contributed by atoms with Gasteiger partial charge in [-0.2, -0.15) is 0 Å². The van der Waals surface area contributed by atoms with Gasteiger partial charge in [0.15, 0.2) is 6.29 Å². The quantitative estimate of drug-likeness (QED) is 0.485. The van der Waals surface area contributed by atoms with Crippen LogP contribution in [0.2, 0.25) is 0 Å². The molecule has 2 aromatic rings. The van der Waals surface area contributed by atoms with E-state index < -0.39 is 5.41 Å². The third-order valence-electron chi connectivity index (χ3n) is 4.30. The molecule has 0 spiro atoms. The largest absolute Gasteiger partial charge is 0.488 e. The standard InChI is InChI=1S/C20H20O4/c1-13-9-16-18(20(2,3)10-17(22)24-16)15(11-21)19(13)23-12-14-7-5-4-6-8-14/h4-9,11H,10,12H2,1-3H3. The Labute approximate surface area is 141 Å². The van der Waals surface area contributed by atoms with Gasteiger partial charge in [0, 0.05) is 11.0 Å². The zero-order valence-electron chi connectivity index (χ0n) is 14.1. The highest BCUT2D eigenvalue weighted by Crippen LogP contribution is 2.45. The van der Waals surface area contributed by atoms with Gasteiger partial charge >= 0.3 is 5.97 Å². The van der Waals surface area contributed by atoms with E-state index in [1.165, 1.54) is 0 Å². The number of benzene rings is 2. The summed E-state index contributed by atoms with van der Waals surface area (Å²) < 4.78 is 11.3. The topological polar surface area (TPSA) is 52.6 Å². The van der Waals surface area contributed by atoms with Crippen molar-refractivity contribution in [1.82, 2.24) is 0 Å². The number of carbonyl (C=O) groups excluding carboxylic acids is 2. The molecule has 3 rings (SSSR count). The molecule has 0 fully saturated rings. The molecular formula is C20H20O4. The Morgan fingerprint density at radius 2 is 1.96 bits per heavy atom. The van der Waals surface area contributed by atoms with Crippen molar-refractivity contribution >= 4 is 12.3 Å². The van der Waals surface area contributed by atoms with Crippen molar-refractivity contribution in [3.8, 4) is 11.5 Å². The first-order chi connectivity index (χ1) is 11.4. The van der Waals surface area contributed by atoms with Gasteiger partial charge in [0.25, 0.3) is 0 Å². The number of esters is 1. The number of hydrogen-bond donors (Lipinski definition) is 0. The van der Waals surface area contributed by atoms with Crippen LogP contribution in [0.4, 0.5) is 0 Å². The van der Waals surface area contributed by atoms with E-state index in [1.54, 1.807) is 6.07 Å². The Hall–Kier alpha value is -2.62. The fourth-order valence-corrected chi connectivity index (χ4v) is 3.21. The van der Waals surface area contributed by atoms with Crippen molar-refractivity contribution in [1.29, 1.82) is 0 Å². The summed E-state index contributed by atoms with van der Waals surface area (Å²) in [4.78, 5) is 23.6. The summed E-state index contributed by atoms with van der Waals surface area (Å²) in [5, 5.41) is 0. The zero-order valence-corrected chi connectivity index (χ0v) is 14.1. The van der Waals surface area contributed by atoms with E-state index in [4.69, 9.17) is 9.47 Å². The van der Waals surface area contributed by atoms with Crippen LogP contribution in [0.5, 0.6) is 11.5 Å². The average molecular weight is 324 g/mol. The van der Waals surface area contributed by atoms with E-state index in [0.717, 1.165) is 23.0 Å². The lowest BCUT2D eigenvalue weighted by Gasteiger charge is -2.33. The van der Waals surface area contributed by atoms with Gasteiger partial charge < -0.3 is 9.47 Å². The maximum absolute atomic E-state index is 11.8. The highest BCUT2D eigenvalue weighted by Gasteiger charge is 2.37. The summed E-state index contributed by atoms with van der Waals surface area (Å²) in [5.41, 5.74) is 2.54. The molecule has 0 N–H and O–H groups in total. The fourth-order valence-electron chi connectivity index (χ4n) is 3.21. The van der Waals surface area contributed by atoms with Gasteiger partial charge in [0.2, 0.25) is 0 Å². The van der Waals surface area contributed by atoms with Crippen molar-refractivity contribution < 1.29 is 19.1 Å². The summed E-state index contributed by atoms with van der Waals surface area (Å²) in [6.07, 6.45) is 1.04. The molecule has 124 valence electrons. The molecule has 0 aromatic heterocycles. The Morgan fingerprint density at radius 1 is 1.25 bits per heavy atom. The van der Waals surface area contributed by atoms with E-state index in [1.807, 2.05) is 51.1 Å². The molecule has 1 aliphatic rings. The SMILES string of the molecule is Cc1cc2c(c(C=O)c1OCc1ccccc1)C(C)(C)CC(=O)O2. The lowest BCUT2D eigenvalue weighted by molar-refractivity contribution is -0.137. The van der Waals surface area contributed by atoms with Gasteiger partial charge in [-0.05, 0) is 24.1 Å². The first-order valence-corrected chi connectivity index (χ1v) is 7.93. The molecule has 0 saturated carbocycles. The molecule has 0 saturated heterocycles. The molecule has 0 unspecified atom stereocenters. The summed E-state index contributed by atoms with van der Waals surface area (Å²) in [5.74, 6) is 0.739. The predicted octanol–water partition coefficient (Wildman–Crippen LogP) is 3.97. The van der Waals surface area contributed by atoms with Crippen molar-refractivity contribution in [3.05, 3.63) is 58.7 Å².